The first-order chi connectivity index (χ1) is 18.8. The van der Waals surface area contributed by atoms with Crippen LogP contribution in [0.1, 0.15) is 43.3 Å². The number of aryl methyl sites for hydroxylation is 1. The van der Waals surface area contributed by atoms with Crippen LogP contribution in [0.15, 0.2) is 84.9 Å². The first-order valence-corrected chi connectivity index (χ1v) is 12.5. The Hall–Kier alpha value is -4.89. The van der Waals surface area contributed by atoms with Crippen LogP contribution in [0.3, 0.4) is 0 Å². The molecule has 3 aromatic carbocycles. The molecule has 4 N–H and O–H groups in total. The predicted octanol–water partition coefficient (Wildman–Crippen LogP) is 4.24. The third-order valence-corrected chi connectivity index (χ3v) is 5.91. The summed E-state index contributed by atoms with van der Waals surface area (Å²) in [6.07, 6.45) is 1.56. The van der Waals surface area contributed by atoms with Crippen molar-refractivity contribution in [3.05, 3.63) is 107 Å². The number of nitrogens with two attached hydrogens (primary N) is 1. The molecule has 0 saturated carbocycles. The summed E-state index contributed by atoms with van der Waals surface area (Å²) in [6.45, 7) is 0.886. The van der Waals surface area contributed by atoms with Crippen molar-refractivity contribution >= 4 is 29.1 Å². The molecule has 1 aromatic heterocycles. The van der Waals surface area contributed by atoms with E-state index in [2.05, 4.69) is 20.5 Å². The summed E-state index contributed by atoms with van der Waals surface area (Å²) in [5, 5.41) is 5.58. The number of amides is 3. The lowest BCUT2D eigenvalue weighted by Crippen LogP contribution is -2.20. The summed E-state index contributed by atoms with van der Waals surface area (Å²) >= 11 is 0. The molecule has 9 nitrogen and oxygen atoms in total. The average Bonchev–Trinajstić information content (AvgIpc) is 2.93. The second-order valence-electron chi connectivity index (χ2n) is 9.24. The van der Waals surface area contributed by atoms with Crippen LogP contribution in [-0.4, -0.2) is 53.2 Å². The predicted molar refractivity (Wildman–Crippen MR) is 152 cm³/mol. The molecular formula is C30H30N6O3. The number of hydrogen-bond acceptors (Lipinski definition) is 6. The zero-order valence-electron chi connectivity index (χ0n) is 21.8. The molecule has 0 aliphatic heterocycles. The van der Waals surface area contributed by atoms with Gasteiger partial charge in [-0.3, -0.25) is 14.4 Å². The van der Waals surface area contributed by atoms with Gasteiger partial charge in [-0.15, -0.1) is 0 Å². The molecule has 198 valence electrons. The van der Waals surface area contributed by atoms with Crippen LogP contribution in [0.4, 0.5) is 11.4 Å². The molecule has 0 radical (unpaired) electrons. The van der Waals surface area contributed by atoms with Gasteiger partial charge in [-0.2, -0.15) is 0 Å². The smallest absolute Gasteiger partial charge is 0.274 e. The monoisotopic (exact) mass is 522 g/mol. The number of carbonyl (C=O) groups is 3. The number of aromatic nitrogens is 2. The van der Waals surface area contributed by atoms with E-state index in [1.54, 1.807) is 48.5 Å². The highest BCUT2D eigenvalue weighted by molar-refractivity contribution is 6.12. The largest absolute Gasteiger partial charge is 0.366 e. The normalized spacial score (nSPS) is 10.7. The first kappa shape index (κ1) is 27.2. The lowest BCUT2D eigenvalue weighted by atomic mass is 10.1. The van der Waals surface area contributed by atoms with Crippen molar-refractivity contribution in [1.29, 1.82) is 0 Å². The van der Waals surface area contributed by atoms with Gasteiger partial charge in [-0.1, -0.05) is 48.5 Å². The zero-order valence-corrected chi connectivity index (χ0v) is 21.8. The highest BCUT2D eigenvalue weighted by Crippen LogP contribution is 2.21. The van der Waals surface area contributed by atoms with Crippen LogP contribution < -0.4 is 16.4 Å². The van der Waals surface area contributed by atoms with E-state index in [0.717, 1.165) is 24.2 Å². The van der Waals surface area contributed by atoms with Crippen molar-refractivity contribution in [1.82, 2.24) is 14.9 Å². The van der Waals surface area contributed by atoms with Crippen LogP contribution in [-0.2, 0) is 6.42 Å². The van der Waals surface area contributed by atoms with Gasteiger partial charge in [0.25, 0.3) is 11.8 Å². The van der Waals surface area contributed by atoms with Gasteiger partial charge in [0.2, 0.25) is 5.91 Å². The molecule has 4 rings (SSSR count). The molecule has 1 heterocycles. The average molecular weight is 523 g/mol. The number of hydrogen-bond donors (Lipinski definition) is 3. The van der Waals surface area contributed by atoms with E-state index in [9.17, 15) is 14.4 Å². The van der Waals surface area contributed by atoms with E-state index in [1.165, 1.54) is 6.07 Å². The number of carbonyl (C=O) groups excluding carboxylic acids is 3. The highest BCUT2D eigenvalue weighted by Gasteiger charge is 2.18. The molecule has 3 amide bonds. The minimum atomic E-state index is -0.598. The molecule has 9 heteroatoms. The van der Waals surface area contributed by atoms with Crippen LogP contribution in [0.5, 0.6) is 0 Å². The summed E-state index contributed by atoms with van der Waals surface area (Å²) in [7, 11) is 4.02. The van der Waals surface area contributed by atoms with E-state index < -0.39 is 17.7 Å². The SMILES string of the molecule is CN(C)CCCc1cc(C(=O)Nc2ccccc2C(=O)Nc2cccc(C(N)=O)c2)nc(-c2ccccc2)n1. The molecule has 0 aliphatic rings. The van der Waals surface area contributed by atoms with Crippen molar-refractivity contribution in [2.45, 2.75) is 12.8 Å². The molecule has 39 heavy (non-hydrogen) atoms. The second-order valence-corrected chi connectivity index (χ2v) is 9.24. The third-order valence-electron chi connectivity index (χ3n) is 5.91. The van der Waals surface area contributed by atoms with Gasteiger partial charge in [0, 0.05) is 22.5 Å². The molecule has 0 atom stereocenters. The Morgan fingerprint density at radius 3 is 2.31 bits per heavy atom. The topological polar surface area (TPSA) is 130 Å². The molecule has 0 spiro atoms. The summed E-state index contributed by atoms with van der Waals surface area (Å²) in [5.41, 5.74) is 8.36. The minimum Gasteiger partial charge on any atom is -0.366 e. The van der Waals surface area contributed by atoms with Gasteiger partial charge in [-0.05, 0) is 69.9 Å². The fourth-order valence-corrected chi connectivity index (χ4v) is 3.96. The number of para-hydroxylation sites is 1. The number of anilines is 2. The van der Waals surface area contributed by atoms with E-state index >= 15 is 0 Å². The summed E-state index contributed by atoms with van der Waals surface area (Å²) < 4.78 is 0. The summed E-state index contributed by atoms with van der Waals surface area (Å²) in [4.78, 5) is 49.3. The Bertz CT molecular complexity index is 1490. The third kappa shape index (κ3) is 7.33. The number of rotatable bonds is 10. The number of nitrogens with one attached hydrogen (secondary N) is 2. The zero-order chi connectivity index (χ0) is 27.8. The lowest BCUT2D eigenvalue weighted by Gasteiger charge is -2.13. The molecule has 0 fully saturated rings. The fraction of sp³-hybridized carbons (Fsp3) is 0.167. The highest BCUT2D eigenvalue weighted by atomic mass is 16.2. The van der Waals surface area contributed by atoms with E-state index in [0.29, 0.717) is 23.6 Å². The fourth-order valence-electron chi connectivity index (χ4n) is 3.96. The Morgan fingerprint density at radius 1 is 0.821 bits per heavy atom. The number of benzene rings is 3. The number of primary amides is 1. The molecule has 0 saturated heterocycles. The Morgan fingerprint density at radius 2 is 1.56 bits per heavy atom. The molecular weight excluding hydrogens is 492 g/mol. The molecule has 4 aromatic rings. The number of nitrogens with zero attached hydrogens (tertiary/aromatic N) is 3. The van der Waals surface area contributed by atoms with Crippen molar-refractivity contribution in [2.24, 2.45) is 5.73 Å². The van der Waals surface area contributed by atoms with Crippen LogP contribution >= 0.6 is 0 Å². The Kier molecular flexibility index (Phi) is 8.75. The van der Waals surface area contributed by atoms with E-state index in [-0.39, 0.29) is 16.8 Å². The lowest BCUT2D eigenvalue weighted by molar-refractivity contribution is 0.0994. The van der Waals surface area contributed by atoms with Gasteiger partial charge in [0.1, 0.15) is 5.69 Å². The minimum absolute atomic E-state index is 0.202. The maximum atomic E-state index is 13.4. The van der Waals surface area contributed by atoms with Crippen LogP contribution in [0.25, 0.3) is 11.4 Å². The van der Waals surface area contributed by atoms with Crippen LogP contribution in [0, 0.1) is 0 Å². The van der Waals surface area contributed by atoms with Crippen molar-refractivity contribution < 1.29 is 14.4 Å². The molecule has 0 bridgehead atoms. The quantitative estimate of drug-likeness (QED) is 0.286. The summed E-state index contributed by atoms with van der Waals surface area (Å²) in [5.74, 6) is -1.05. The maximum absolute atomic E-state index is 13.4. The van der Waals surface area contributed by atoms with Gasteiger partial charge in [0.15, 0.2) is 5.82 Å². The maximum Gasteiger partial charge on any atom is 0.274 e. The van der Waals surface area contributed by atoms with Crippen LogP contribution in [0.2, 0.25) is 0 Å². The van der Waals surface area contributed by atoms with Gasteiger partial charge < -0.3 is 21.3 Å². The first-order valence-electron chi connectivity index (χ1n) is 12.5. The Balaban J connectivity index is 1.59. The standard InChI is InChI=1S/C30H30N6O3/c1-36(2)17-9-14-23-19-26(34-28(32-23)20-10-4-3-5-11-20)30(39)35-25-16-7-6-15-24(25)29(38)33-22-13-8-12-21(18-22)27(31)37/h3-8,10-13,15-16,18-19H,9,14,17H2,1-2H3,(H2,31,37)(H,33,38)(H,35,39). The van der Waals surface area contributed by atoms with Crippen molar-refractivity contribution in [2.75, 3.05) is 31.3 Å². The van der Waals surface area contributed by atoms with Crippen molar-refractivity contribution in [3.8, 4) is 11.4 Å². The van der Waals surface area contributed by atoms with Crippen molar-refractivity contribution in [3.63, 3.8) is 0 Å². The Labute approximate surface area is 227 Å². The van der Waals surface area contributed by atoms with Gasteiger partial charge in [0.05, 0.1) is 11.3 Å². The van der Waals surface area contributed by atoms with Gasteiger partial charge in [-0.25, -0.2) is 9.97 Å². The summed E-state index contributed by atoms with van der Waals surface area (Å²) in [6, 6.07) is 24.2. The molecule has 0 unspecified atom stereocenters. The van der Waals surface area contributed by atoms with E-state index in [1.807, 2.05) is 44.4 Å². The second kappa shape index (κ2) is 12.6. The molecule has 0 aliphatic carbocycles. The van der Waals surface area contributed by atoms with Gasteiger partial charge >= 0.3 is 0 Å². The van der Waals surface area contributed by atoms with E-state index in [4.69, 9.17) is 10.7 Å².